The number of hydrogen-bond acceptors (Lipinski definition) is 4. The van der Waals surface area contributed by atoms with Crippen LogP contribution in [-0.4, -0.2) is 23.7 Å². The maximum atomic E-state index is 12.5. The van der Waals surface area contributed by atoms with Gasteiger partial charge in [-0.3, -0.25) is 9.59 Å². The first-order chi connectivity index (χ1) is 12.7. The molecule has 0 unspecified atom stereocenters. The third-order valence-corrected chi connectivity index (χ3v) is 5.67. The van der Waals surface area contributed by atoms with E-state index in [0.717, 1.165) is 23.5 Å². The van der Waals surface area contributed by atoms with Crippen LogP contribution in [0.2, 0.25) is 0 Å². The molecule has 4 rings (SSSR count). The third-order valence-electron chi connectivity index (χ3n) is 4.59. The van der Waals surface area contributed by atoms with Crippen molar-refractivity contribution < 1.29 is 14.3 Å². The van der Waals surface area contributed by atoms with Gasteiger partial charge in [0, 0.05) is 16.1 Å². The fraction of sp³-hybridized carbons (Fsp3) is 0.300. The van der Waals surface area contributed by atoms with Gasteiger partial charge in [0.2, 0.25) is 5.91 Å². The molecule has 0 spiro atoms. The molecule has 6 heteroatoms. The highest BCUT2D eigenvalue weighted by atomic mass is 32.2. The van der Waals surface area contributed by atoms with Gasteiger partial charge in [-0.25, -0.2) is 0 Å². The molecular formula is C20H20N2O3S. The number of benzene rings is 2. The Kier molecular flexibility index (Phi) is 4.84. The van der Waals surface area contributed by atoms with Crippen molar-refractivity contribution in [2.24, 2.45) is 0 Å². The second kappa shape index (κ2) is 7.41. The molecule has 0 saturated heterocycles. The summed E-state index contributed by atoms with van der Waals surface area (Å²) in [6.45, 7) is 0. The zero-order valence-electron chi connectivity index (χ0n) is 14.3. The van der Waals surface area contributed by atoms with Crippen LogP contribution >= 0.6 is 11.8 Å². The Morgan fingerprint density at radius 3 is 2.65 bits per heavy atom. The predicted octanol–water partition coefficient (Wildman–Crippen LogP) is 4.30. The Morgan fingerprint density at radius 2 is 1.88 bits per heavy atom. The molecular weight excluding hydrogens is 348 g/mol. The standard InChI is InChI=1S/C20H20N2O3S/c23-19-12-26-18-10-5-13(11-17(18)22-19)20(24)21-14-6-8-16(9-7-14)25-15-3-1-2-4-15/h5-11,15H,1-4,12H2,(H,21,24)(H,22,23). The summed E-state index contributed by atoms with van der Waals surface area (Å²) in [6.07, 6.45) is 5.02. The largest absolute Gasteiger partial charge is 0.490 e. The van der Waals surface area contributed by atoms with Crippen molar-refractivity contribution in [3.8, 4) is 5.75 Å². The van der Waals surface area contributed by atoms with Crippen LogP contribution in [0.4, 0.5) is 11.4 Å². The van der Waals surface area contributed by atoms with Crippen LogP contribution in [0.25, 0.3) is 0 Å². The third kappa shape index (κ3) is 3.85. The molecule has 2 aromatic carbocycles. The summed E-state index contributed by atoms with van der Waals surface area (Å²) >= 11 is 1.48. The van der Waals surface area contributed by atoms with Crippen LogP contribution in [0.15, 0.2) is 47.4 Å². The number of amides is 2. The van der Waals surface area contributed by atoms with Crippen molar-refractivity contribution in [2.75, 3.05) is 16.4 Å². The van der Waals surface area contributed by atoms with Crippen molar-refractivity contribution in [2.45, 2.75) is 36.7 Å². The molecule has 2 N–H and O–H groups in total. The Bertz CT molecular complexity index is 829. The van der Waals surface area contributed by atoms with E-state index in [9.17, 15) is 9.59 Å². The minimum atomic E-state index is -0.206. The number of anilines is 2. The van der Waals surface area contributed by atoms with Gasteiger partial charge in [0.1, 0.15) is 5.75 Å². The molecule has 134 valence electrons. The Hall–Kier alpha value is -2.47. The van der Waals surface area contributed by atoms with Gasteiger partial charge in [-0.15, -0.1) is 11.8 Å². The lowest BCUT2D eigenvalue weighted by atomic mass is 10.1. The lowest BCUT2D eigenvalue weighted by Gasteiger charge is -2.17. The highest BCUT2D eigenvalue weighted by molar-refractivity contribution is 8.00. The van der Waals surface area contributed by atoms with Crippen molar-refractivity contribution >= 4 is 35.0 Å². The van der Waals surface area contributed by atoms with Gasteiger partial charge in [0.05, 0.1) is 17.5 Å². The summed E-state index contributed by atoms with van der Waals surface area (Å²) in [5.41, 5.74) is 1.92. The summed E-state index contributed by atoms with van der Waals surface area (Å²) in [4.78, 5) is 25.0. The number of ether oxygens (including phenoxy) is 1. The summed E-state index contributed by atoms with van der Waals surface area (Å²) < 4.78 is 5.94. The van der Waals surface area contributed by atoms with E-state index in [2.05, 4.69) is 10.6 Å². The molecule has 5 nitrogen and oxygen atoms in total. The Morgan fingerprint density at radius 1 is 1.12 bits per heavy atom. The van der Waals surface area contributed by atoms with Crippen LogP contribution in [0, 0.1) is 0 Å². The van der Waals surface area contributed by atoms with Crippen molar-refractivity contribution in [1.82, 2.24) is 0 Å². The van der Waals surface area contributed by atoms with E-state index in [1.54, 1.807) is 12.1 Å². The smallest absolute Gasteiger partial charge is 0.255 e. The molecule has 2 amide bonds. The normalized spacial score (nSPS) is 16.7. The first-order valence-electron chi connectivity index (χ1n) is 8.82. The van der Waals surface area contributed by atoms with Crippen molar-refractivity contribution in [1.29, 1.82) is 0 Å². The number of carbonyl (C=O) groups excluding carboxylic acids is 2. The maximum Gasteiger partial charge on any atom is 0.255 e. The molecule has 1 aliphatic heterocycles. The molecule has 2 aromatic rings. The fourth-order valence-electron chi connectivity index (χ4n) is 3.24. The zero-order chi connectivity index (χ0) is 17.9. The van der Waals surface area contributed by atoms with E-state index in [1.165, 1.54) is 24.6 Å². The van der Waals surface area contributed by atoms with E-state index in [-0.39, 0.29) is 11.8 Å². The van der Waals surface area contributed by atoms with Crippen LogP contribution in [0.1, 0.15) is 36.0 Å². The number of rotatable bonds is 4. The second-order valence-corrected chi connectivity index (χ2v) is 7.57. The molecule has 2 aliphatic rings. The predicted molar refractivity (Wildman–Crippen MR) is 103 cm³/mol. The number of nitrogens with one attached hydrogen (secondary N) is 2. The van der Waals surface area contributed by atoms with Gasteiger partial charge < -0.3 is 15.4 Å². The molecule has 1 saturated carbocycles. The maximum absolute atomic E-state index is 12.5. The van der Waals surface area contributed by atoms with Crippen molar-refractivity contribution in [3.63, 3.8) is 0 Å². The molecule has 1 heterocycles. The molecule has 0 radical (unpaired) electrons. The summed E-state index contributed by atoms with van der Waals surface area (Å²) in [5.74, 6) is 0.997. The van der Waals surface area contributed by atoms with E-state index in [1.807, 2.05) is 30.3 Å². The highest BCUT2D eigenvalue weighted by Gasteiger charge is 2.18. The van der Waals surface area contributed by atoms with E-state index < -0.39 is 0 Å². The quantitative estimate of drug-likeness (QED) is 0.844. The van der Waals surface area contributed by atoms with E-state index >= 15 is 0 Å². The number of hydrogen-bond donors (Lipinski definition) is 2. The van der Waals surface area contributed by atoms with Crippen molar-refractivity contribution in [3.05, 3.63) is 48.0 Å². The van der Waals surface area contributed by atoms with Crippen LogP contribution in [0.5, 0.6) is 5.75 Å². The van der Waals surface area contributed by atoms with Crippen LogP contribution < -0.4 is 15.4 Å². The van der Waals surface area contributed by atoms with E-state index in [0.29, 0.717) is 28.8 Å². The highest BCUT2D eigenvalue weighted by Crippen LogP contribution is 2.32. The summed E-state index contributed by atoms with van der Waals surface area (Å²) in [7, 11) is 0. The fourth-order valence-corrected chi connectivity index (χ4v) is 4.03. The molecule has 1 fully saturated rings. The van der Waals surface area contributed by atoms with Gasteiger partial charge in [0.15, 0.2) is 0 Å². The van der Waals surface area contributed by atoms with Gasteiger partial charge in [-0.2, -0.15) is 0 Å². The number of thioether (sulfide) groups is 1. The minimum absolute atomic E-state index is 0.0436. The van der Waals surface area contributed by atoms with Gasteiger partial charge in [0.25, 0.3) is 5.91 Å². The van der Waals surface area contributed by atoms with Crippen LogP contribution in [0.3, 0.4) is 0 Å². The molecule has 26 heavy (non-hydrogen) atoms. The lowest BCUT2D eigenvalue weighted by Crippen LogP contribution is -2.19. The van der Waals surface area contributed by atoms with Gasteiger partial charge in [-0.05, 0) is 68.1 Å². The molecule has 0 atom stereocenters. The second-order valence-electron chi connectivity index (χ2n) is 6.55. The first-order valence-corrected chi connectivity index (χ1v) is 9.81. The van der Waals surface area contributed by atoms with E-state index in [4.69, 9.17) is 4.74 Å². The Labute approximate surface area is 156 Å². The SMILES string of the molecule is O=C1CSc2ccc(C(=O)Nc3ccc(OC4CCCC4)cc3)cc2N1. The average molecular weight is 368 g/mol. The molecule has 1 aliphatic carbocycles. The van der Waals surface area contributed by atoms with Gasteiger partial charge >= 0.3 is 0 Å². The first kappa shape index (κ1) is 17.0. The average Bonchev–Trinajstić information content (AvgIpc) is 3.15. The summed E-state index contributed by atoms with van der Waals surface area (Å²) in [6, 6.07) is 12.8. The lowest BCUT2D eigenvalue weighted by molar-refractivity contribution is -0.113. The monoisotopic (exact) mass is 368 g/mol. The molecule has 0 bridgehead atoms. The number of fused-ring (bicyclic) bond motifs is 1. The van der Waals surface area contributed by atoms with Gasteiger partial charge in [-0.1, -0.05) is 0 Å². The Balaban J connectivity index is 1.41. The number of carbonyl (C=O) groups is 2. The topological polar surface area (TPSA) is 67.4 Å². The minimum Gasteiger partial charge on any atom is -0.490 e. The van der Waals surface area contributed by atoms with Crippen LogP contribution in [-0.2, 0) is 4.79 Å². The zero-order valence-corrected chi connectivity index (χ0v) is 15.1. The molecule has 0 aromatic heterocycles. The summed E-state index contributed by atoms with van der Waals surface area (Å²) in [5, 5.41) is 5.69.